The van der Waals surface area contributed by atoms with Crippen LogP contribution < -0.4 is 11.1 Å². The molecule has 90 valence electrons. The van der Waals surface area contributed by atoms with Crippen LogP contribution in [-0.4, -0.2) is 5.91 Å². The van der Waals surface area contributed by atoms with Crippen molar-refractivity contribution in [1.29, 1.82) is 0 Å². The van der Waals surface area contributed by atoms with Crippen LogP contribution >= 0.6 is 27.7 Å². The van der Waals surface area contributed by atoms with Gasteiger partial charge in [-0.05, 0) is 31.2 Å². The second kappa shape index (κ2) is 6.51. The number of nitrogens with one attached hydrogen (secondary N) is 1. The second-order valence-corrected chi connectivity index (χ2v) is 5.23. The third-order valence-corrected chi connectivity index (χ3v) is 3.40. The Bertz CT molecular complexity index is 454. The molecule has 0 aromatic heterocycles. The number of benzene rings is 1. The Morgan fingerprint density at radius 3 is 2.53 bits per heavy atom. The lowest BCUT2D eigenvalue weighted by Crippen LogP contribution is -2.12. The van der Waals surface area contributed by atoms with Gasteiger partial charge in [-0.1, -0.05) is 40.3 Å². The molecule has 0 atom stereocenters. The van der Waals surface area contributed by atoms with Gasteiger partial charge < -0.3 is 11.1 Å². The fraction of sp³-hybridized carbons (Fsp3) is 0.0833. The van der Waals surface area contributed by atoms with E-state index in [2.05, 4.69) is 27.8 Å². The Kier molecular flexibility index (Phi) is 5.31. The normalized spacial score (nSPS) is 11.1. The number of rotatable bonds is 5. The van der Waals surface area contributed by atoms with E-state index in [1.165, 1.54) is 11.8 Å². The zero-order valence-electron chi connectivity index (χ0n) is 9.37. The lowest BCUT2D eigenvalue weighted by Gasteiger charge is -2.09. The fourth-order valence-corrected chi connectivity index (χ4v) is 2.02. The van der Waals surface area contributed by atoms with Gasteiger partial charge in [-0.15, -0.1) is 0 Å². The van der Waals surface area contributed by atoms with Gasteiger partial charge in [-0.25, -0.2) is 0 Å². The topological polar surface area (TPSA) is 55.1 Å². The molecule has 0 radical (unpaired) electrons. The van der Waals surface area contributed by atoms with E-state index in [1.807, 2.05) is 24.3 Å². The number of amides is 1. The van der Waals surface area contributed by atoms with Gasteiger partial charge in [0, 0.05) is 10.2 Å². The zero-order chi connectivity index (χ0) is 12.8. The van der Waals surface area contributed by atoms with Crippen LogP contribution in [0, 0.1) is 0 Å². The minimum atomic E-state index is -0.448. The van der Waals surface area contributed by atoms with Gasteiger partial charge in [0.05, 0.1) is 9.93 Å². The van der Waals surface area contributed by atoms with Crippen molar-refractivity contribution in [2.24, 2.45) is 5.73 Å². The molecule has 0 aliphatic heterocycles. The van der Waals surface area contributed by atoms with E-state index < -0.39 is 5.91 Å². The van der Waals surface area contributed by atoms with Crippen molar-refractivity contribution in [2.45, 2.75) is 6.92 Å². The van der Waals surface area contributed by atoms with Gasteiger partial charge in [0.25, 0.3) is 5.91 Å². The van der Waals surface area contributed by atoms with Crippen molar-refractivity contribution < 1.29 is 4.79 Å². The van der Waals surface area contributed by atoms with E-state index in [4.69, 9.17) is 5.73 Å². The number of carbonyl (C=O) groups is 1. The van der Waals surface area contributed by atoms with Crippen molar-refractivity contribution in [1.82, 2.24) is 0 Å². The quantitative estimate of drug-likeness (QED) is 0.819. The van der Waals surface area contributed by atoms with Crippen LogP contribution in [0.5, 0.6) is 0 Å². The number of anilines is 1. The van der Waals surface area contributed by atoms with Crippen molar-refractivity contribution in [3.63, 3.8) is 0 Å². The van der Waals surface area contributed by atoms with Gasteiger partial charge in [-0.3, -0.25) is 4.79 Å². The predicted octanol–water partition coefficient (Wildman–Crippen LogP) is 3.45. The molecule has 1 aromatic rings. The Hall–Kier alpha value is -1.20. The van der Waals surface area contributed by atoms with E-state index in [0.29, 0.717) is 9.93 Å². The molecular formula is C12H13BrN2OS. The summed E-state index contributed by atoms with van der Waals surface area (Å²) in [4.78, 5) is 11.5. The lowest BCUT2D eigenvalue weighted by molar-refractivity contribution is -0.113. The summed E-state index contributed by atoms with van der Waals surface area (Å²) in [5.74, 6) is -0.448. The van der Waals surface area contributed by atoms with Crippen LogP contribution in [0.2, 0.25) is 0 Å². The van der Waals surface area contributed by atoms with Crippen molar-refractivity contribution in [3.05, 3.63) is 51.3 Å². The SMILES string of the molecule is C=C(Nc1ccc(Br)cc1)S/C(=C\C)C(N)=O. The molecule has 3 nitrogen and oxygen atoms in total. The third-order valence-electron chi connectivity index (χ3n) is 1.87. The van der Waals surface area contributed by atoms with E-state index in [0.717, 1.165) is 10.2 Å². The highest BCUT2D eigenvalue weighted by Crippen LogP contribution is 2.25. The van der Waals surface area contributed by atoms with Crippen LogP contribution in [0.15, 0.2) is 51.3 Å². The molecule has 3 N–H and O–H groups in total. The number of halogens is 1. The molecule has 0 unspecified atom stereocenters. The van der Waals surface area contributed by atoms with Crippen molar-refractivity contribution in [3.8, 4) is 0 Å². The molecule has 5 heteroatoms. The second-order valence-electron chi connectivity index (χ2n) is 3.17. The van der Waals surface area contributed by atoms with E-state index in [1.54, 1.807) is 13.0 Å². The average molecular weight is 313 g/mol. The minimum Gasteiger partial charge on any atom is -0.365 e. The number of allylic oxidation sites excluding steroid dienone is 1. The molecule has 1 aromatic carbocycles. The van der Waals surface area contributed by atoms with E-state index in [9.17, 15) is 4.79 Å². The smallest absolute Gasteiger partial charge is 0.255 e. The Balaban J connectivity index is 2.61. The third kappa shape index (κ3) is 4.66. The van der Waals surface area contributed by atoms with Crippen LogP contribution in [0.3, 0.4) is 0 Å². The molecule has 0 spiro atoms. The monoisotopic (exact) mass is 312 g/mol. The standard InChI is InChI=1S/C12H13BrN2OS/c1-3-11(12(14)16)17-8(2)15-10-6-4-9(13)5-7-10/h3-7,15H,2H2,1H3,(H2,14,16)/b11-3-. The van der Waals surface area contributed by atoms with Gasteiger partial charge in [-0.2, -0.15) is 0 Å². The highest BCUT2D eigenvalue weighted by atomic mass is 79.9. The Morgan fingerprint density at radius 2 is 2.06 bits per heavy atom. The molecule has 0 aliphatic carbocycles. The van der Waals surface area contributed by atoms with Gasteiger partial charge >= 0.3 is 0 Å². The molecule has 0 saturated heterocycles. The Labute approximate surface area is 113 Å². The van der Waals surface area contributed by atoms with Crippen LogP contribution in [0.25, 0.3) is 0 Å². The highest BCUT2D eigenvalue weighted by Gasteiger charge is 2.06. The van der Waals surface area contributed by atoms with Gasteiger partial charge in [0.15, 0.2) is 0 Å². The summed E-state index contributed by atoms with van der Waals surface area (Å²) >= 11 is 4.58. The van der Waals surface area contributed by atoms with E-state index in [-0.39, 0.29) is 0 Å². The fourth-order valence-electron chi connectivity index (χ4n) is 1.10. The number of carbonyl (C=O) groups excluding carboxylic acids is 1. The first-order valence-electron chi connectivity index (χ1n) is 4.88. The summed E-state index contributed by atoms with van der Waals surface area (Å²) < 4.78 is 1.01. The number of hydrogen-bond donors (Lipinski definition) is 2. The van der Waals surface area contributed by atoms with E-state index >= 15 is 0 Å². The average Bonchev–Trinajstić information content (AvgIpc) is 2.28. The summed E-state index contributed by atoms with van der Waals surface area (Å²) in [6.45, 7) is 5.60. The number of nitrogens with two attached hydrogens (primary N) is 1. The molecule has 0 aliphatic rings. The largest absolute Gasteiger partial charge is 0.365 e. The summed E-state index contributed by atoms with van der Waals surface area (Å²) in [5.41, 5.74) is 6.11. The van der Waals surface area contributed by atoms with Gasteiger partial charge in [0.1, 0.15) is 0 Å². The zero-order valence-corrected chi connectivity index (χ0v) is 11.8. The summed E-state index contributed by atoms with van der Waals surface area (Å²) in [7, 11) is 0. The van der Waals surface area contributed by atoms with Crippen LogP contribution in [0.1, 0.15) is 6.92 Å². The van der Waals surface area contributed by atoms with Crippen LogP contribution in [-0.2, 0) is 4.79 Å². The maximum absolute atomic E-state index is 11.0. The van der Waals surface area contributed by atoms with Crippen molar-refractivity contribution in [2.75, 3.05) is 5.32 Å². The minimum absolute atomic E-state index is 0.448. The number of thioether (sulfide) groups is 1. The lowest BCUT2D eigenvalue weighted by atomic mass is 10.3. The summed E-state index contributed by atoms with van der Waals surface area (Å²) in [6.07, 6.45) is 1.67. The van der Waals surface area contributed by atoms with Crippen LogP contribution in [0.4, 0.5) is 5.69 Å². The first-order valence-corrected chi connectivity index (χ1v) is 6.49. The molecule has 0 fully saturated rings. The predicted molar refractivity (Wildman–Crippen MR) is 77.4 cm³/mol. The first kappa shape index (κ1) is 13.9. The first-order chi connectivity index (χ1) is 8.02. The number of hydrogen-bond acceptors (Lipinski definition) is 3. The highest BCUT2D eigenvalue weighted by molar-refractivity contribution is 9.10. The summed E-state index contributed by atoms with van der Waals surface area (Å²) in [5, 5.41) is 3.74. The molecular weight excluding hydrogens is 300 g/mol. The molecule has 1 amide bonds. The molecule has 0 saturated carbocycles. The maximum atomic E-state index is 11.0. The Morgan fingerprint density at radius 1 is 1.47 bits per heavy atom. The molecule has 0 bridgehead atoms. The van der Waals surface area contributed by atoms with Gasteiger partial charge in [0.2, 0.25) is 0 Å². The molecule has 1 rings (SSSR count). The summed E-state index contributed by atoms with van der Waals surface area (Å²) in [6, 6.07) is 7.67. The molecule has 17 heavy (non-hydrogen) atoms. The number of primary amides is 1. The van der Waals surface area contributed by atoms with Crippen molar-refractivity contribution >= 4 is 39.3 Å². The maximum Gasteiger partial charge on any atom is 0.255 e. The molecule has 0 heterocycles.